The van der Waals surface area contributed by atoms with Gasteiger partial charge in [0.1, 0.15) is 11.9 Å². The zero-order chi connectivity index (χ0) is 16.1. The van der Waals surface area contributed by atoms with Crippen LogP contribution < -0.4 is 0 Å². The summed E-state index contributed by atoms with van der Waals surface area (Å²) in [6.45, 7) is 5.18. The molecule has 0 fully saturated rings. The van der Waals surface area contributed by atoms with Gasteiger partial charge in [-0.05, 0) is 49.2 Å². The molecule has 4 heteroatoms. The first kappa shape index (κ1) is 16.2. The van der Waals surface area contributed by atoms with E-state index in [1.165, 1.54) is 12.1 Å². The van der Waals surface area contributed by atoms with E-state index in [9.17, 15) is 14.3 Å². The normalized spacial score (nSPS) is 12.0. The van der Waals surface area contributed by atoms with Crippen molar-refractivity contribution in [3.63, 3.8) is 0 Å². The van der Waals surface area contributed by atoms with E-state index in [1.54, 1.807) is 41.3 Å². The molecule has 3 nitrogen and oxygen atoms in total. The third kappa shape index (κ3) is 3.52. The summed E-state index contributed by atoms with van der Waals surface area (Å²) in [5.74, 6) is -0.415. The molecule has 0 aromatic heterocycles. The molecular formula is C18H20FNO2. The van der Waals surface area contributed by atoms with E-state index in [4.69, 9.17) is 0 Å². The average Bonchev–Trinajstić information content (AvgIpc) is 2.55. The summed E-state index contributed by atoms with van der Waals surface area (Å²) in [6.07, 6.45) is -0.909. The van der Waals surface area contributed by atoms with Gasteiger partial charge in [-0.1, -0.05) is 24.3 Å². The summed E-state index contributed by atoms with van der Waals surface area (Å²) in [7, 11) is 0. The monoisotopic (exact) mass is 301 g/mol. The van der Waals surface area contributed by atoms with Gasteiger partial charge in [0.05, 0.1) is 0 Å². The van der Waals surface area contributed by atoms with Gasteiger partial charge in [0.2, 0.25) is 0 Å². The molecule has 0 saturated carbocycles. The molecule has 2 aromatic rings. The van der Waals surface area contributed by atoms with Crippen LogP contribution in [0.5, 0.6) is 0 Å². The van der Waals surface area contributed by atoms with Gasteiger partial charge in [0, 0.05) is 18.7 Å². The lowest BCUT2D eigenvalue weighted by atomic mass is 10.00. The number of hydrogen-bond donors (Lipinski definition) is 1. The van der Waals surface area contributed by atoms with Crippen LogP contribution in [0.3, 0.4) is 0 Å². The van der Waals surface area contributed by atoms with Crippen molar-refractivity contribution in [2.45, 2.75) is 20.0 Å². The average molecular weight is 301 g/mol. The van der Waals surface area contributed by atoms with Crippen molar-refractivity contribution in [3.8, 4) is 0 Å². The molecule has 0 heterocycles. The molecule has 0 radical (unpaired) electrons. The maximum Gasteiger partial charge on any atom is 0.253 e. The predicted octanol–water partition coefficient (Wildman–Crippen LogP) is 3.39. The van der Waals surface area contributed by atoms with Crippen molar-refractivity contribution in [1.82, 2.24) is 4.90 Å². The van der Waals surface area contributed by atoms with Gasteiger partial charge in [0.25, 0.3) is 5.91 Å². The standard InChI is InChI=1S/C18H20FNO2/c1-3-20(4-2)18(22)14-10-8-13(9-11-14)17(21)15-6-5-7-16(19)12-15/h5-12,17,21H,3-4H2,1-2H3/t17-/m1/s1. The molecule has 0 aliphatic carbocycles. The quantitative estimate of drug-likeness (QED) is 0.919. The molecule has 0 spiro atoms. The molecular weight excluding hydrogens is 281 g/mol. The highest BCUT2D eigenvalue weighted by Gasteiger charge is 2.15. The van der Waals surface area contributed by atoms with Gasteiger partial charge in [-0.2, -0.15) is 0 Å². The molecule has 2 aromatic carbocycles. The Labute approximate surface area is 130 Å². The number of aliphatic hydroxyl groups excluding tert-OH is 1. The first-order valence-electron chi connectivity index (χ1n) is 7.39. The number of benzene rings is 2. The number of carbonyl (C=O) groups is 1. The minimum absolute atomic E-state index is 0.0307. The van der Waals surface area contributed by atoms with Gasteiger partial charge in [0.15, 0.2) is 0 Å². The number of nitrogens with zero attached hydrogens (tertiary/aromatic N) is 1. The molecule has 0 aliphatic rings. The minimum Gasteiger partial charge on any atom is -0.384 e. The first-order valence-corrected chi connectivity index (χ1v) is 7.39. The number of carbonyl (C=O) groups excluding carboxylic acids is 1. The van der Waals surface area contributed by atoms with E-state index in [1.807, 2.05) is 13.8 Å². The smallest absolute Gasteiger partial charge is 0.253 e. The summed E-state index contributed by atoms with van der Waals surface area (Å²) < 4.78 is 13.2. The predicted molar refractivity (Wildman–Crippen MR) is 84.2 cm³/mol. The Morgan fingerprint density at radius 3 is 2.27 bits per heavy atom. The molecule has 0 unspecified atom stereocenters. The fourth-order valence-corrected chi connectivity index (χ4v) is 2.37. The number of halogens is 1. The third-order valence-electron chi connectivity index (χ3n) is 3.69. The molecule has 1 amide bonds. The van der Waals surface area contributed by atoms with E-state index < -0.39 is 6.10 Å². The zero-order valence-electron chi connectivity index (χ0n) is 12.8. The second kappa shape index (κ2) is 7.18. The lowest BCUT2D eigenvalue weighted by Gasteiger charge is -2.19. The second-order valence-electron chi connectivity index (χ2n) is 5.06. The highest BCUT2D eigenvalue weighted by Crippen LogP contribution is 2.23. The maximum absolute atomic E-state index is 13.2. The number of rotatable bonds is 5. The highest BCUT2D eigenvalue weighted by molar-refractivity contribution is 5.94. The summed E-state index contributed by atoms with van der Waals surface area (Å²) in [5, 5.41) is 10.3. The van der Waals surface area contributed by atoms with Gasteiger partial charge >= 0.3 is 0 Å². The highest BCUT2D eigenvalue weighted by atomic mass is 19.1. The zero-order valence-corrected chi connectivity index (χ0v) is 12.8. The van der Waals surface area contributed by atoms with Crippen molar-refractivity contribution >= 4 is 5.91 Å². The summed E-state index contributed by atoms with van der Waals surface area (Å²) in [4.78, 5) is 14.0. The van der Waals surface area contributed by atoms with Crippen molar-refractivity contribution in [2.24, 2.45) is 0 Å². The maximum atomic E-state index is 13.2. The van der Waals surface area contributed by atoms with Crippen LogP contribution in [0.25, 0.3) is 0 Å². The summed E-state index contributed by atoms with van der Waals surface area (Å²) in [5.41, 5.74) is 1.70. The Morgan fingerprint density at radius 2 is 1.73 bits per heavy atom. The van der Waals surface area contributed by atoms with Crippen LogP contribution in [0.15, 0.2) is 48.5 Å². The Morgan fingerprint density at radius 1 is 1.09 bits per heavy atom. The Bertz CT molecular complexity index is 636. The molecule has 22 heavy (non-hydrogen) atoms. The van der Waals surface area contributed by atoms with Crippen LogP contribution in [0, 0.1) is 5.82 Å². The van der Waals surface area contributed by atoms with Gasteiger partial charge in [-0.25, -0.2) is 4.39 Å². The van der Waals surface area contributed by atoms with E-state index in [-0.39, 0.29) is 11.7 Å². The Kier molecular flexibility index (Phi) is 5.28. The third-order valence-corrected chi connectivity index (χ3v) is 3.69. The van der Waals surface area contributed by atoms with E-state index in [0.29, 0.717) is 29.8 Å². The van der Waals surface area contributed by atoms with Crippen molar-refractivity contribution < 1.29 is 14.3 Å². The van der Waals surface area contributed by atoms with Crippen LogP contribution in [-0.2, 0) is 0 Å². The van der Waals surface area contributed by atoms with Crippen molar-refractivity contribution in [1.29, 1.82) is 0 Å². The Hall–Kier alpha value is -2.20. The molecule has 1 N–H and O–H groups in total. The topological polar surface area (TPSA) is 40.5 Å². The van der Waals surface area contributed by atoms with E-state index >= 15 is 0 Å². The molecule has 2 rings (SSSR count). The first-order chi connectivity index (χ1) is 10.6. The van der Waals surface area contributed by atoms with Crippen LogP contribution in [-0.4, -0.2) is 29.0 Å². The SMILES string of the molecule is CCN(CC)C(=O)c1ccc([C@@H](O)c2cccc(F)c2)cc1. The Balaban J connectivity index is 2.20. The summed E-state index contributed by atoms with van der Waals surface area (Å²) >= 11 is 0. The van der Waals surface area contributed by atoms with E-state index in [2.05, 4.69) is 0 Å². The molecule has 0 aliphatic heterocycles. The lowest BCUT2D eigenvalue weighted by Crippen LogP contribution is -2.30. The number of hydrogen-bond acceptors (Lipinski definition) is 2. The number of amides is 1. The van der Waals surface area contributed by atoms with Gasteiger partial charge < -0.3 is 10.0 Å². The van der Waals surface area contributed by atoms with Crippen molar-refractivity contribution in [2.75, 3.05) is 13.1 Å². The van der Waals surface area contributed by atoms with Crippen LogP contribution in [0.2, 0.25) is 0 Å². The van der Waals surface area contributed by atoms with E-state index in [0.717, 1.165) is 0 Å². The largest absolute Gasteiger partial charge is 0.384 e. The molecule has 1 atom stereocenters. The van der Waals surface area contributed by atoms with Crippen molar-refractivity contribution in [3.05, 3.63) is 71.0 Å². The minimum atomic E-state index is -0.909. The lowest BCUT2D eigenvalue weighted by molar-refractivity contribution is 0.0773. The van der Waals surface area contributed by atoms with Crippen LogP contribution in [0.1, 0.15) is 41.4 Å². The van der Waals surface area contributed by atoms with Gasteiger partial charge in [-0.15, -0.1) is 0 Å². The number of aliphatic hydroxyl groups is 1. The van der Waals surface area contributed by atoms with Crippen LogP contribution in [0.4, 0.5) is 4.39 Å². The summed E-state index contributed by atoms with van der Waals surface area (Å²) in [6, 6.07) is 12.7. The van der Waals surface area contributed by atoms with Gasteiger partial charge in [-0.3, -0.25) is 4.79 Å². The second-order valence-corrected chi connectivity index (χ2v) is 5.06. The fourth-order valence-electron chi connectivity index (χ4n) is 2.37. The molecule has 0 bridgehead atoms. The fraction of sp³-hybridized carbons (Fsp3) is 0.278. The molecule has 116 valence electrons. The van der Waals surface area contributed by atoms with Crippen LogP contribution >= 0.6 is 0 Å². The molecule has 0 saturated heterocycles.